The number of hydrogen-bond donors (Lipinski definition) is 1. The lowest BCUT2D eigenvalue weighted by Gasteiger charge is -2.06. The van der Waals surface area contributed by atoms with Crippen molar-refractivity contribution in [2.24, 2.45) is 0 Å². The van der Waals surface area contributed by atoms with E-state index < -0.39 is 0 Å². The molecule has 0 saturated carbocycles. The molecule has 0 fully saturated rings. The Kier molecular flexibility index (Phi) is 7.02. The quantitative estimate of drug-likeness (QED) is 0.603. The molecule has 0 spiro atoms. The van der Waals surface area contributed by atoms with Gasteiger partial charge in [-0.3, -0.25) is 9.59 Å². The average Bonchev–Trinajstić information content (AvgIpc) is 2.60. The lowest BCUT2D eigenvalue weighted by atomic mass is 10.0. The zero-order valence-electron chi connectivity index (χ0n) is 14.5. The second-order valence-electron chi connectivity index (χ2n) is 6.18. The van der Waals surface area contributed by atoms with Crippen molar-refractivity contribution in [3.63, 3.8) is 0 Å². The number of benzene rings is 1. The van der Waals surface area contributed by atoms with Gasteiger partial charge in [-0.05, 0) is 35.6 Å². The van der Waals surface area contributed by atoms with Crippen molar-refractivity contribution in [2.45, 2.75) is 32.7 Å². The fraction of sp³-hybridized carbons (Fsp3) is 0.300. The zero-order chi connectivity index (χ0) is 18.2. The molecule has 0 aliphatic heterocycles. The Morgan fingerprint density at radius 1 is 1.20 bits per heavy atom. The predicted molar refractivity (Wildman–Crippen MR) is 103 cm³/mol. The summed E-state index contributed by atoms with van der Waals surface area (Å²) < 4.78 is 1.54. The van der Waals surface area contributed by atoms with Gasteiger partial charge in [0.15, 0.2) is 0 Å². The van der Waals surface area contributed by atoms with Gasteiger partial charge in [0.2, 0.25) is 5.91 Å². The molecule has 5 heteroatoms. The summed E-state index contributed by atoms with van der Waals surface area (Å²) in [5.74, 6) is 0.347. The van der Waals surface area contributed by atoms with Gasteiger partial charge in [0.25, 0.3) is 5.56 Å². The molecule has 4 nitrogen and oxygen atoms in total. The first-order chi connectivity index (χ1) is 12.0. The van der Waals surface area contributed by atoms with E-state index in [9.17, 15) is 9.59 Å². The predicted octanol–water partition coefficient (Wildman–Crippen LogP) is 3.84. The minimum Gasteiger partial charge on any atom is -0.352 e. The van der Waals surface area contributed by atoms with Crippen LogP contribution in [0.15, 0.2) is 53.5 Å². The maximum atomic E-state index is 11.8. The molecule has 0 saturated heterocycles. The molecule has 132 valence electrons. The fourth-order valence-corrected chi connectivity index (χ4v) is 2.54. The van der Waals surface area contributed by atoms with Gasteiger partial charge in [-0.1, -0.05) is 49.7 Å². The van der Waals surface area contributed by atoms with E-state index in [1.807, 2.05) is 12.1 Å². The Labute approximate surface area is 153 Å². The van der Waals surface area contributed by atoms with Crippen molar-refractivity contribution in [1.29, 1.82) is 0 Å². The summed E-state index contributed by atoms with van der Waals surface area (Å²) in [6, 6.07) is 11.2. The summed E-state index contributed by atoms with van der Waals surface area (Å²) in [7, 11) is 0. The SMILES string of the molecule is CC(C)c1ccc(/C=C/C(=O)NCCCn2cc(Cl)ccc2=O)cc1. The maximum absolute atomic E-state index is 11.8. The van der Waals surface area contributed by atoms with Gasteiger partial charge >= 0.3 is 0 Å². The first-order valence-electron chi connectivity index (χ1n) is 8.37. The normalized spacial score (nSPS) is 11.2. The van der Waals surface area contributed by atoms with E-state index in [2.05, 4.69) is 31.3 Å². The Balaban J connectivity index is 1.76. The molecule has 1 amide bonds. The van der Waals surface area contributed by atoms with Crippen LogP contribution in [0.5, 0.6) is 0 Å². The number of aromatic nitrogens is 1. The van der Waals surface area contributed by atoms with Crippen molar-refractivity contribution < 1.29 is 4.79 Å². The highest BCUT2D eigenvalue weighted by molar-refractivity contribution is 6.30. The standard InChI is InChI=1S/C20H23ClN2O2/c1-15(2)17-7-4-16(5-8-17)6-10-19(24)22-12-3-13-23-14-18(21)9-11-20(23)25/h4-11,14-15H,3,12-13H2,1-2H3,(H,22,24)/b10-6+. The number of pyridine rings is 1. The maximum Gasteiger partial charge on any atom is 0.250 e. The number of nitrogens with one attached hydrogen (secondary N) is 1. The number of nitrogens with zero attached hydrogens (tertiary/aromatic N) is 1. The van der Waals surface area contributed by atoms with Crippen LogP contribution in [0.1, 0.15) is 37.3 Å². The zero-order valence-corrected chi connectivity index (χ0v) is 15.3. The van der Waals surface area contributed by atoms with Crippen molar-refractivity contribution in [1.82, 2.24) is 9.88 Å². The molecule has 0 atom stereocenters. The first-order valence-corrected chi connectivity index (χ1v) is 8.75. The molecular weight excluding hydrogens is 336 g/mol. The molecule has 1 aromatic carbocycles. The van der Waals surface area contributed by atoms with Gasteiger partial charge in [0.1, 0.15) is 0 Å². The van der Waals surface area contributed by atoms with Crippen molar-refractivity contribution >= 4 is 23.6 Å². The van der Waals surface area contributed by atoms with Crippen LogP contribution >= 0.6 is 11.6 Å². The molecule has 0 aliphatic carbocycles. The van der Waals surface area contributed by atoms with Crippen LogP contribution in [0, 0.1) is 0 Å². The van der Waals surface area contributed by atoms with Crippen molar-refractivity contribution in [3.8, 4) is 0 Å². The molecule has 0 bridgehead atoms. The molecule has 0 radical (unpaired) electrons. The third-order valence-electron chi connectivity index (χ3n) is 3.85. The molecule has 0 unspecified atom stereocenters. The number of aryl methyl sites for hydroxylation is 1. The summed E-state index contributed by atoms with van der Waals surface area (Å²) in [5, 5.41) is 3.34. The molecule has 2 aromatic rings. The van der Waals surface area contributed by atoms with E-state index in [1.165, 1.54) is 17.7 Å². The van der Waals surface area contributed by atoms with Crippen LogP contribution in [0.4, 0.5) is 0 Å². The summed E-state index contributed by atoms with van der Waals surface area (Å²) in [6.45, 7) is 5.31. The Morgan fingerprint density at radius 2 is 1.92 bits per heavy atom. The van der Waals surface area contributed by atoms with Gasteiger partial charge < -0.3 is 9.88 Å². The highest BCUT2D eigenvalue weighted by Gasteiger charge is 2.00. The summed E-state index contributed by atoms with van der Waals surface area (Å²) in [4.78, 5) is 23.5. The second-order valence-corrected chi connectivity index (χ2v) is 6.61. The van der Waals surface area contributed by atoms with Gasteiger partial charge in [-0.15, -0.1) is 0 Å². The Hall–Kier alpha value is -2.33. The largest absolute Gasteiger partial charge is 0.352 e. The smallest absolute Gasteiger partial charge is 0.250 e. The van der Waals surface area contributed by atoms with E-state index >= 15 is 0 Å². The number of halogens is 1. The van der Waals surface area contributed by atoms with E-state index in [4.69, 9.17) is 11.6 Å². The fourth-order valence-electron chi connectivity index (χ4n) is 2.36. The van der Waals surface area contributed by atoms with Crippen LogP contribution < -0.4 is 10.9 Å². The summed E-state index contributed by atoms with van der Waals surface area (Å²) in [6.07, 6.45) is 5.58. The number of amides is 1. The lowest BCUT2D eigenvalue weighted by Crippen LogP contribution is -2.25. The topological polar surface area (TPSA) is 51.1 Å². The van der Waals surface area contributed by atoms with E-state index in [1.54, 1.807) is 22.9 Å². The highest BCUT2D eigenvalue weighted by atomic mass is 35.5. The van der Waals surface area contributed by atoms with Crippen LogP contribution in [-0.2, 0) is 11.3 Å². The van der Waals surface area contributed by atoms with E-state index in [0.717, 1.165) is 5.56 Å². The number of carbonyl (C=O) groups is 1. The third-order valence-corrected chi connectivity index (χ3v) is 4.08. The molecular formula is C20H23ClN2O2. The number of carbonyl (C=O) groups excluding carboxylic acids is 1. The van der Waals surface area contributed by atoms with Crippen molar-refractivity contribution in [3.05, 3.63) is 75.2 Å². The molecule has 1 heterocycles. The number of hydrogen-bond acceptors (Lipinski definition) is 2. The van der Waals surface area contributed by atoms with Crippen LogP contribution in [-0.4, -0.2) is 17.0 Å². The monoisotopic (exact) mass is 358 g/mol. The highest BCUT2D eigenvalue weighted by Crippen LogP contribution is 2.15. The van der Waals surface area contributed by atoms with E-state index in [-0.39, 0.29) is 11.5 Å². The Bertz CT molecular complexity index is 792. The average molecular weight is 359 g/mol. The van der Waals surface area contributed by atoms with E-state index in [0.29, 0.717) is 30.5 Å². The lowest BCUT2D eigenvalue weighted by molar-refractivity contribution is -0.116. The molecule has 2 rings (SSSR count). The van der Waals surface area contributed by atoms with Crippen LogP contribution in [0.3, 0.4) is 0 Å². The molecule has 0 aliphatic rings. The van der Waals surface area contributed by atoms with Crippen LogP contribution in [0.25, 0.3) is 6.08 Å². The molecule has 1 N–H and O–H groups in total. The minimum absolute atomic E-state index is 0.0968. The summed E-state index contributed by atoms with van der Waals surface area (Å²) in [5.41, 5.74) is 2.17. The van der Waals surface area contributed by atoms with Crippen LogP contribution in [0.2, 0.25) is 5.02 Å². The van der Waals surface area contributed by atoms with Gasteiger partial charge in [0.05, 0.1) is 5.02 Å². The third kappa shape index (κ3) is 6.24. The Morgan fingerprint density at radius 3 is 2.60 bits per heavy atom. The first kappa shape index (κ1) is 19.0. The van der Waals surface area contributed by atoms with Gasteiger partial charge in [0, 0.05) is 31.4 Å². The molecule has 1 aromatic heterocycles. The van der Waals surface area contributed by atoms with Gasteiger partial charge in [-0.25, -0.2) is 0 Å². The summed E-state index contributed by atoms with van der Waals surface area (Å²) >= 11 is 5.87. The number of rotatable bonds is 7. The van der Waals surface area contributed by atoms with Crippen molar-refractivity contribution in [2.75, 3.05) is 6.54 Å². The molecule has 25 heavy (non-hydrogen) atoms. The minimum atomic E-state index is -0.147. The second kappa shape index (κ2) is 9.23. The van der Waals surface area contributed by atoms with Gasteiger partial charge in [-0.2, -0.15) is 0 Å².